The summed E-state index contributed by atoms with van der Waals surface area (Å²) < 4.78 is 1.11. The number of benzene rings is 1. The quantitative estimate of drug-likeness (QED) is 0.894. The lowest BCUT2D eigenvalue weighted by molar-refractivity contribution is 0.0902. The van der Waals surface area contributed by atoms with Crippen LogP contribution in [-0.4, -0.2) is 17.3 Å². The Hall–Kier alpha value is -0.380. The van der Waals surface area contributed by atoms with E-state index in [1.165, 1.54) is 12.0 Å². The average Bonchev–Trinajstić information content (AvgIpc) is 2.28. The molecule has 1 fully saturated rings. The highest BCUT2D eigenvalue weighted by Gasteiger charge is 2.21. The van der Waals surface area contributed by atoms with Crippen LogP contribution in [0.3, 0.4) is 0 Å². The van der Waals surface area contributed by atoms with Crippen molar-refractivity contribution in [3.63, 3.8) is 0 Å². The highest BCUT2D eigenvalue weighted by molar-refractivity contribution is 9.10. The van der Waals surface area contributed by atoms with E-state index in [1.54, 1.807) is 0 Å². The first-order valence-electron chi connectivity index (χ1n) is 5.91. The molecule has 2 N–H and O–H groups in total. The molecular weight excluding hydrogens is 266 g/mol. The Morgan fingerprint density at radius 2 is 2.12 bits per heavy atom. The van der Waals surface area contributed by atoms with E-state index < -0.39 is 0 Å². The van der Waals surface area contributed by atoms with Crippen LogP contribution in [-0.2, 0) is 6.54 Å². The van der Waals surface area contributed by atoms with Crippen molar-refractivity contribution in [3.8, 4) is 0 Å². The zero-order chi connectivity index (χ0) is 11.4. The molecule has 2 rings (SSSR count). The highest BCUT2D eigenvalue weighted by Crippen LogP contribution is 2.19. The summed E-state index contributed by atoms with van der Waals surface area (Å²) in [5.41, 5.74) is 1.26. The number of hydrogen-bond donors (Lipinski definition) is 2. The summed E-state index contributed by atoms with van der Waals surface area (Å²) in [5, 5.41) is 13.3. The monoisotopic (exact) mass is 283 g/mol. The Bertz CT molecular complexity index is 342. The second-order valence-electron chi connectivity index (χ2n) is 4.47. The summed E-state index contributed by atoms with van der Waals surface area (Å²) in [6, 6.07) is 8.56. The number of aliphatic hydroxyl groups excluding tert-OH is 1. The van der Waals surface area contributed by atoms with Crippen LogP contribution in [0.15, 0.2) is 28.7 Å². The van der Waals surface area contributed by atoms with Crippen molar-refractivity contribution >= 4 is 15.9 Å². The molecule has 1 aromatic rings. The minimum absolute atomic E-state index is 0.166. The summed E-state index contributed by atoms with van der Waals surface area (Å²) >= 11 is 3.46. The maximum Gasteiger partial charge on any atom is 0.0693 e. The van der Waals surface area contributed by atoms with E-state index in [1.807, 2.05) is 12.1 Å². The number of halogens is 1. The maximum absolute atomic E-state index is 9.83. The first kappa shape index (κ1) is 12.1. The minimum atomic E-state index is -0.166. The summed E-state index contributed by atoms with van der Waals surface area (Å²) in [5.74, 6) is 0. The standard InChI is InChI=1S/C13H18BrNO/c14-11-5-3-4-10(8-11)9-15-12-6-1-2-7-13(12)16/h3-5,8,12-13,15-16H,1-2,6-7,9H2/t12-,13-/m1/s1. The van der Waals surface area contributed by atoms with Gasteiger partial charge >= 0.3 is 0 Å². The Morgan fingerprint density at radius 3 is 2.88 bits per heavy atom. The van der Waals surface area contributed by atoms with Gasteiger partial charge in [0, 0.05) is 17.1 Å². The van der Waals surface area contributed by atoms with Crippen LogP contribution in [0.25, 0.3) is 0 Å². The van der Waals surface area contributed by atoms with Gasteiger partial charge in [-0.05, 0) is 30.5 Å². The van der Waals surface area contributed by atoms with Crippen molar-refractivity contribution in [3.05, 3.63) is 34.3 Å². The average molecular weight is 284 g/mol. The number of rotatable bonds is 3. The smallest absolute Gasteiger partial charge is 0.0693 e. The van der Waals surface area contributed by atoms with Gasteiger partial charge in [0.15, 0.2) is 0 Å². The lowest BCUT2D eigenvalue weighted by Crippen LogP contribution is -2.41. The number of nitrogens with one attached hydrogen (secondary N) is 1. The second-order valence-corrected chi connectivity index (χ2v) is 5.38. The van der Waals surface area contributed by atoms with Gasteiger partial charge in [0.2, 0.25) is 0 Å². The molecule has 0 amide bonds. The van der Waals surface area contributed by atoms with Gasteiger partial charge in [0.25, 0.3) is 0 Å². The van der Waals surface area contributed by atoms with E-state index in [2.05, 4.69) is 33.4 Å². The summed E-state index contributed by atoms with van der Waals surface area (Å²) in [4.78, 5) is 0. The number of hydrogen-bond acceptors (Lipinski definition) is 2. The SMILES string of the molecule is O[C@@H]1CCCC[C@H]1NCc1cccc(Br)c1. The van der Waals surface area contributed by atoms with Crippen molar-refractivity contribution in [2.75, 3.05) is 0 Å². The molecular formula is C13H18BrNO. The van der Waals surface area contributed by atoms with Gasteiger partial charge in [-0.25, -0.2) is 0 Å². The first-order chi connectivity index (χ1) is 7.75. The normalized spacial score (nSPS) is 25.6. The highest BCUT2D eigenvalue weighted by atomic mass is 79.9. The molecule has 1 aliphatic rings. The lowest BCUT2D eigenvalue weighted by atomic mass is 9.92. The molecule has 1 aliphatic carbocycles. The molecule has 0 bridgehead atoms. The molecule has 0 aromatic heterocycles. The van der Waals surface area contributed by atoms with E-state index >= 15 is 0 Å². The van der Waals surface area contributed by atoms with Gasteiger partial charge in [-0.1, -0.05) is 40.9 Å². The first-order valence-corrected chi connectivity index (χ1v) is 6.71. The fourth-order valence-electron chi connectivity index (χ4n) is 2.25. The van der Waals surface area contributed by atoms with Crippen LogP contribution >= 0.6 is 15.9 Å². The molecule has 3 heteroatoms. The molecule has 0 aliphatic heterocycles. The molecule has 1 saturated carbocycles. The lowest BCUT2D eigenvalue weighted by Gasteiger charge is -2.28. The molecule has 0 saturated heterocycles. The summed E-state index contributed by atoms with van der Waals surface area (Å²) in [7, 11) is 0. The Labute approximate surface area is 105 Å². The summed E-state index contributed by atoms with van der Waals surface area (Å²) in [6.07, 6.45) is 4.26. The predicted molar refractivity (Wildman–Crippen MR) is 69.2 cm³/mol. The molecule has 0 unspecified atom stereocenters. The fraction of sp³-hybridized carbons (Fsp3) is 0.538. The fourth-order valence-corrected chi connectivity index (χ4v) is 2.69. The van der Waals surface area contributed by atoms with Gasteiger partial charge in [-0.15, -0.1) is 0 Å². The number of aliphatic hydroxyl groups is 1. The van der Waals surface area contributed by atoms with Crippen LogP contribution in [0.2, 0.25) is 0 Å². The van der Waals surface area contributed by atoms with E-state index in [0.29, 0.717) is 0 Å². The Kier molecular flexibility index (Phi) is 4.38. The van der Waals surface area contributed by atoms with E-state index in [0.717, 1.165) is 30.3 Å². The maximum atomic E-state index is 9.83. The molecule has 1 aromatic carbocycles. The van der Waals surface area contributed by atoms with Crippen molar-refractivity contribution in [2.24, 2.45) is 0 Å². The third-order valence-corrected chi connectivity index (χ3v) is 3.68. The van der Waals surface area contributed by atoms with Gasteiger partial charge in [-0.2, -0.15) is 0 Å². The second kappa shape index (κ2) is 5.80. The van der Waals surface area contributed by atoms with Gasteiger partial charge in [0.1, 0.15) is 0 Å². The molecule has 0 radical (unpaired) electrons. The third-order valence-electron chi connectivity index (χ3n) is 3.19. The van der Waals surface area contributed by atoms with Gasteiger partial charge < -0.3 is 10.4 Å². The van der Waals surface area contributed by atoms with E-state index in [-0.39, 0.29) is 12.1 Å². The predicted octanol–water partition coefficient (Wildman–Crippen LogP) is 2.84. The van der Waals surface area contributed by atoms with Crippen molar-refractivity contribution in [2.45, 2.75) is 44.4 Å². The van der Waals surface area contributed by atoms with Gasteiger partial charge in [0.05, 0.1) is 6.10 Å². The van der Waals surface area contributed by atoms with Crippen LogP contribution in [0.5, 0.6) is 0 Å². The van der Waals surface area contributed by atoms with Crippen LogP contribution in [0, 0.1) is 0 Å². The summed E-state index contributed by atoms with van der Waals surface area (Å²) in [6.45, 7) is 0.834. The van der Waals surface area contributed by atoms with Crippen molar-refractivity contribution in [1.82, 2.24) is 5.32 Å². The Morgan fingerprint density at radius 1 is 1.31 bits per heavy atom. The molecule has 0 heterocycles. The van der Waals surface area contributed by atoms with Crippen molar-refractivity contribution < 1.29 is 5.11 Å². The van der Waals surface area contributed by atoms with Crippen LogP contribution in [0.4, 0.5) is 0 Å². The zero-order valence-corrected chi connectivity index (χ0v) is 10.9. The van der Waals surface area contributed by atoms with E-state index in [9.17, 15) is 5.11 Å². The van der Waals surface area contributed by atoms with Crippen LogP contribution < -0.4 is 5.32 Å². The topological polar surface area (TPSA) is 32.3 Å². The van der Waals surface area contributed by atoms with Gasteiger partial charge in [-0.3, -0.25) is 0 Å². The third kappa shape index (κ3) is 3.30. The molecule has 2 nitrogen and oxygen atoms in total. The Balaban J connectivity index is 1.86. The largest absolute Gasteiger partial charge is 0.392 e. The molecule has 16 heavy (non-hydrogen) atoms. The molecule has 2 atom stereocenters. The van der Waals surface area contributed by atoms with E-state index in [4.69, 9.17) is 0 Å². The molecule has 88 valence electrons. The minimum Gasteiger partial charge on any atom is -0.392 e. The van der Waals surface area contributed by atoms with Crippen LogP contribution in [0.1, 0.15) is 31.2 Å². The molecule has 0 spiro atoms. The van der Waals surface area contributed by atoms with Crippen molar-refractivity contribution in [1.29, 1.82) is 0 Å². The zero-order valence-electron chi connectivity index (χ0n) is 9.32.